The summed E-state index contributed by atoms with van der Waals surface area (Å²) in [6.07, 6.45) is -0.0756. The summed E-state index contributed by atoms with van der Waals surface area (Å²) in [7, 11) is 1.51. The van der Waals surface area contributed by atoms with Crippen molar-refractivity contribution in [3.8, 4) is 0 Å². The fraction of sp³-hybridized carbons (Fsp3) is 0.526. The number of aliphatic hydroxyl groups is 1. The highest BCUT2D eigenvalue weighted by atomic mass is 79.9. The maximum Gasteiger partial charge on any atom is 0.250 e. The predicted octanol–water partition coefficient (Wildman–Crippen LogP) is 0.765. The van der Waals surface area contributed by atoms with Crippen LogP contribution in [0.1, 0.15) is 6.42 Å². The molecule has 0 aromatic heterocycles. The lowest BCUT2D eigenvalue weighted by Crippen LogP contribution is -2.54. The molecular formula is C19H21BrClN3O5. The number of likely N-dealkylation sites (tertiary alicyclic amines) is 1. The lowest BCUT2D eigenvalue weighted by Gasteiger charge is -2.33. The number of nitrogens with one attached hydrogen (secondary N) is 2. The van der Waals surface area contributed by atoms with Gasteiger partial charge in [0.25, 0.3) is 0 Å². The van der Waals surface area contributed by atoms with Crippen LogP contribution in [0.4, 0.5) is 5.69 Å². The minimum Gasteiger partial charge on any atom is -0.395 e. The van der Waals surface area contributed by atoms with Gasteiger partial charge in [0.15, 0.2) is 0 Å². The van der Waals surface area contributed by atoms with Gasteiger partial charge in [-0.25, -0.2) is 0 Å². The van der Waals surface area contributed by atoms with Crippen LogP contribution in [-0.2, 0) is 19.1 Å². The average molecular weight is 487 g/mol. The summed E-state index contributed by atoms with van der Waals surface area (Å²) in [5, 5.41) is 15.5. The van der Waals surface area contributed by atoms with Crippen molar-refractivity contribution in [2.75, 3.05) is 25.5 Å². The van der Waals surface area contributed by atoms with E-state index in [2.05, 4.69) is 26.6 Å². The summed E-state index contributed by atoms with van der Waals surface area (Å²) in [4.78, 5) is 40.3. The quantitative estimate of drug-likeness (QED) is 0.533. The number of aliphatic hydroxyl groups excluding tert-OH is 1. The number of benzene rings is 1. The Labute approximate surface area is 181 Å². The molecule has 3 aliphatic heterocycles. The van der Waals surface area contributed by atoms with Gasteiger partial charge in [0.05, 0.1) is 24.5 Å². The topological polar surface area (TPSA) is 108 Å². The van der Waals surface area contributed by atoms with Crippen LogP contribution >= 0.6 is 27.5 Å². The molecule has 0 saturated carbocycles. The number of amides is 3. The molecule has 3 saturated heterocycles. The molecule has 29 heavy (non-hydrogen) atoms. The molecule has 6 atom stereocenters. The monoisotopic (exact) mass is 485 g/mol. The number of hydrogen-bond donors (Lipinski definition) is 3. The fourth-order valence-electron chi connectivity index (χ4n) is 4.99. The van der Waals surface area contributed by atoms with E-state index in [0.29, 0.717) is 17.1 Å². The second kappa shape index (κ2) is 7.54. The number of β-amino-alcohol motifs (C(OH)–C–C–N with tert-alkyl or cyclic N) is 1. The molecule has 2 bridgehead atoms. The van der Waals surface area contributed by atoms with Gasteiger partial charge in [-0.1, -0.05) is 27.5 Å². The molecule has 0 radical (unpaired) electrons. The SMILES string of the molecule is CNC(=O)[C@H]1[C@@H]2OC3(CC2Br)C(C(=O)Nc2ccc(Cl)cc2)N(CCO)C(=O)[C@H]13. The number of nitrogens with zero attached hydrogens (tertiary/aromatic N) is 1. The highest BCUT2D eigenvalue weighted by Gasteiger charge is 2.76. The van der Waals surface area contributed by atoms with Gasteiger partial charge in [-0.2, -0.15) is 0 Å². The standard InChI is InChI=1S/C19H21BrClN3O5/c1-22-16(26)12-13-18(28)24(6-7-25)15(19(13)8-11(20)14(12)29-19)17(27)23-10-4-2-9(21)3-5-10/h2-5,11-15,25H,6-8H2,1H3,(H,22,26)(H,23,27)/t11?,12-,13+,14-,15?,19?/m1/s1. The molecule has 3 aliphatic rings. The van der Waals surface area contributed by atoms with Gasteiger partial charge in [0.1, 0.15) is 11.6 Å². The number of fused-ring (bicyclic) bond motifs is 1. The third-order valence-electron chi connectivity index (χ3n) is 6.04. The van der Waals surface area contributed by atoms with E-state index in [0.717, 1.165) is 0 Å². The first-order valence-corrected chi connectivity index (χ1v) is 10.6. The molecule has 3 N–H and O–H groups in total. The minimum atomic E-state index is -1.13. The van der Waals surface area contributed by atoms with Crippen molar-refractivity contribution in [1.82, 2.24) is 10.2 Å². The van der Waals surface area contributed by atoms with Crippen molar-refractivity contribution >= 4 is 50.9 Å². The van der Waals surface area contributed by atoms with E-state index in [9.17, 15) is 19.5 Å². The van der Waals surface area contributed by atoms with Crippen LogP contribution in [0.3, 0.4) is 0 Å². The molecular weight excluding hydrogens is 466 g/mol. The van der Waals surface area contributed by atoms with E-state index in [1.54, 1.807) is 24.3 Å². The fourth-order valence-corrected chi connectivity index (χ4v) is 6.06. The van der Waals surface area contributed by atoms with Gasteiger partial charge in [0, 0.05) is 29.1 Å². The summed E-state index contributed by atoms with van der Waals surface area (Å²) in [5.74, 6) is -2.52. The molecule has 156 valence electrons. The van der Waals surface area contributed by atoms with Crippen LogP contribution in [0, 0.1) is 11.8 Å². The van der Waals surface area contributed by atoms with E-state index in [1.807, 2.05) is 0 Å². The number of ether oxygens (including phenoxy) is 1. The Morgan fingerprint density at radius 1 is 1.34 bits per heavy atom. The van der Waals surface area contributed by atoms with Crippen molar-refractivity contribution < 1.29 is 24.2 Å². The van der Waals surface area contributed by atoms with Gasteiger partial charge in [-0.15, -0.1) is 0 Å². The number of carbonyl (C=O) groups is 3. The van der Waals surface area contributed by atoms with Crippen LogP contribution < -0.4 is 10.6 Å². The van der Waals surface area contributed by atoms with Gasteiger partial charge >= 0.3 is 0 Å². The lowest BCUT2D eigenvalue weighted by atomic mass is 9.70. The summed E-state index contributed by atoms with van der Waals surface area (Å²) >= 11 is 9.47. The Bertz CT molecular complexity index is 853. The van der Waals surface area contributed by atoms with E-state index < -0.39 is 35.5 Å². The summed E-state index contributed by atoms with van der Waals surface area (Å²) in [5.41, 5.74) is -0.597. The first-order chi connectivity index (χ1) is 13.8. The zero-order valence-corrected chi connectivity index (χ0v) is 17.9. The third kappa shape index (κ3) is 3.06. The number of anilines is 1. The Kier molecular flexibility index (Phi) is 5.35. The van der Waals surface area contributed by atoms with E-state index in [1.165, 1.54) is 11.9 Å². The van der Waals surface area contributed by atoms with Crippen molar-refractivity contribution in [2.24, 2.45) is 11.8 Å². The average Bonchev–Trinajstić information content (AvgIpc) is 3.27. The summed E-state index contributed by atoms with van der Waals surface area (Å²) < 4.78 is 6.24. The van der Waals surface area contributed by atoms with Gasteiger partial charge in [-0.05, 0) is 30.7 Å². The molecule has 1 aromatic rings. The van der Waals surface area contributed by atoms with Gasteiger partial charge in [0.2, 0.25) is 17.7 Å². The summed E-state index contributed by atoms with van der Waals surface area (Å²) in [6, 6.07) is 5.67. The normalized spacial score (nSPS) is 35.0. The molecule has 3 amide bonds. The van der Waals surface area contributed by atoms with E-state index >= 15 is 0 Å². The Morgan fingerprint density at radius 2 is 2.03 bits per heavy atom. The largest absolute Gasteiger partial charge is 0.395 e. The maximum atomic E-state index is 13.3. The Hall–Kier alpha value is -1.68. The number of alkyl halides is 1. The van der Waals surface area contributed by atoms with E-state index in [4.69, 9.17) is 16.3 Å². The first kappa shape index (κ1) is 20.6. The molecule has 3 fully saturated rings. The second-order valence-corrected chi connectivity index (χ2v) is 9.14. The molecule has 8 nitrogen and oxygen atoms in total. The van der Waals surface area contributed by atoms with Crippen LogP contribution in [-0.4, -0.2) is 70.5 Å². The molecule has 3 heterocycles. The smallest absolute Gasteiger partial charge is 0.250 e. The highest BCUT2D eigenvalue weighted by Crippen LogP contribution is 2.59. The molecule has 1 spiro atoms. The zero-order chi connectivity index (χ0) is 20.9. The molecule has 4 rings (SSSR count). The van der Waals surface area contributed by atoms with Crippen molar-refractivity contribution in [1.29, 1.82) is 0 Å². The van der Waals surface area contributed by atoms with Crippen molar-refractivity contribution in [3.05, 3.63) is 29.3 Å². The first-order valence-electron chi connectivity index (χ1n) is 9.35. The molecule has 3 unspecified atom stereocenters. The van der Waals surface area contributed by atoms with Gasteiger partial charge in [-0.3, -0.25) is 14.4 Å². The van der Waals surface area contributed by atoms with Crippen molar-refractivity contribution in [2.45, 2.75) is 29.0 Å². The Morgan fingerprint density at radius 3 is 2.66 bits per heavy atom. The lowest BCUT2D eigenvalue weighted by molar-refractivity contribution is -0.141. The van der Waals surface area contributed by atoms with E-state index in [-0.39, 0.29) is 29.8 Å². The number of rotatable bonds is 5. The van der Waals surface area contributed by atoms with Gasteiger partial charge < -0.3 is 25.4 Å². The van der Waals surface area contributed by atoms with Crippen molar-refractivity contribution in [3.63, 3.8) is 0 Å². The minimum absolute atomic E-state index is 0.0166. The number of hydrogen-bond acceptors (Lipinski definition) is 5. The van der Waals surface area contributed by atoms with Crippen LogP contribution in [0.2, 0.25) is 5.02 Å². The molecule has 1 aromatic carbocycles. The van der Waals surface area contributed by atoms with Crippen LogP contribution in [0.25, 0.3) is 0 Å². The third-order valence-corrected chi connectivity index (χ3v) is 7.14. The second-order valence-electron chi connectivity index (χ2n) is 7.53. The highest BCUT2D eigenvalue weighted by molar-refractivity contribution is 9.09. The molecule has 0 aliphatic carbocycles. The number of halogens is 2. The number of carbonyl (C=O) groups excluding carboxylic acids is 3. The van der Waals surface area contributed by atoms with Crippen LogP contribution in [0.15, 0.2) is 24.3 Å². The summed E-state index contributed by atoms with van der Waals surface area (Å²) in [6.45, 7) is -0.317. The zero-order valence-electron chi connectivity index (χ0n) is 15.6. The molecule has 10 heteroatoms. The maximum absolute atomic E-state index is 13.3. The predicted molar refractivity (Wildman–Crippen MR) is 109 cm³/mol. The van der Waals surface area contributed by atoms with Crippen LogP contribution in [0.5, 0.6) is 0 Å². The Balaban J connectivity index is 1.71.